The van der Waals surface area contributed by atoms with Gasteiger partial charge in [-0.25, -0.2) is 4.39 Å². The average molecular weight is 372 g/mol. The molecule has 0 amide bonds. The highest BCUT2D eigenvalue weighted by Crippen LogP contribution is 2.13. The zero-order chi connectivity index (χ0) is 13.0. The summed E-state index contributed by atoms with van der Waals surface area (Å²) in [7, 11) is 0. The quantitative estimate of drug-likeness (QED) is 0.609. The summed E-state index contributed by atoms with van der Waals surface area (Å²) in [5.41, 5.74) is 1.66. The fraction of sp³-hybridized carbons (Fsp3) is 0. The van der Waals surface area contributed by atoms with Gasteiger partial charge < -0.3 is 10.6 Å². The van der Waals surface area contributed by atoms with Gasteiger partial charge in [0.2, 0.25) is 0 Å². The number of rotatable bonds is 2. The molecule has 2 aromatic carbocycles. The van der Waals surface area contributed by atoms with Crippen LogP contribution in [0.3, 0.4) is 0 Å². The maximum atomic E-state index is 12.7. The molecule has 0 unspecified atom stereocenters. The second kappa shape index (κ2) is 6.10. The molecule has 0 heterocycles. The molecule has 0 atom stereocenters. The number of hydrogen-bond acceptors (Lipinski definition) is 1. The molecule has 0 saturated heterocycles. The van der Waals surface area contributed by atoms with Gasteiger partial charge in [-0.15, -0.1) is 0 Å². The minimum atomic E-state index is -0.267. The Kier molecular flexibility index (Phi) is 4.48. The fourth-order valence-corrected chi connectivity index (χ4v) is 1.96. The van der Waals surface area contributed by atoms with Crippen molar-refractivity contribution < 1.29 is 4.39 Å². The molecule has 0 aromatic heterocycles. The van der Waals surface area contributed by atoms with Crippen molar-refractivity contribution in [1.82, 2.24) is 0 Å². The first-order valence-corrected chi connectivity index (χ1v) is 6.71. The molecular formula is C13H10FIN2S. The third kappa shape index (κ3) is 3.92. The fourth-order valence-electron chi connectivity index (χ4n) is 1.36. The van der Waals surface area contributed by atoms with Gasteiger partial charge in [0.15, 0.2) is 5.11 Å². The highest BCUT2D eigenvalue weighted by Gasteiger charge is 1.99. The molecule has 0 aliphatic heterocycles. The van der Waals surface area contributed by atoms with Crippen molar-refractivity contribution in [2.24, 2.45) is 0 Å². The van der Waals surface area contributed by atoms with E-state index < -0.39 is 0 Å². The molecule has 0 bridgehead atoms. The first-order chi connectivity index (χ1) is 8.63. The van der Waals surface area contributed by atoms with Crippen LogP contribution in [-0.4, -0.2) is 5.11 Å². The first kappa shape index (κ1) is 13.2. The Hall–Kier alpha value is -1.21. The monoisotopic (exact) mass is 372 g/mol. The van der Waals surface area contributed by atoms with Crippen LogP contribution in [0.4, 0.5) is 15.8 Å². The summed E-state index contributed by atoms with van der Waals surface area (Å²) in [6.07, 6.45) is 0. The largest absolute Gasteiger partial charge is 0.332 e. The second-order valence-electron chi connectivity index (χ2n) is 3.59. The molecular weight excluding hydrogens is 362 g/mol. The van der Waals surface area contributed by atoms with Crippen LogP contribution in [0.2, 0.25) is 0 Å². The van der Waals surface area contributed by atoms with Gasteiger partial charge in [0.1, 0.15) is 5.82 Å². The lowest BCUT2D eigenvalue weighted by molar-refractivity contribution is 0.628. The lowest BCUT2D eigenvalue weighted by Crippen LogP contribution is -2.18. The molecule has 0 aliphatic rings. The van der Waals surface area contributed by atoms with E-state index in [2.05, 4.69) is 33.2 Å². The molecule has 2 rings (SSSR count). The zero-order valence-corrected chi connectivity index (χ0v) is 12.3. The van der Waals surface area contributed by atoms with E-state index in [-0.39, 0.29) is 5.82 Å². The lowest BCUT2D eigenvalue weighted by Gasteiger charge is -2.10. The third-order valence-corrected chi connectivity index (χ3v) is 3.13. The zero-order valence-electron chi connectivity index (χ0n) is 9.28. The van der Waals surface area contributed by atoms with Crippen molar-refractivity contribution in [3.63, 3.8) is 0 Å². The maximum absolute atomic E-state index is 12.7. The summed E-state index contributed by atoms with van der Waals surface area (Å²) < 4.78 is 13.9. The van der Waals surface area contributed by atoms with E-state index in [9.17, 15) is 4.39 Å². The van der Waals surface area contributed by atoms with Gasteiger partial charge in [0.05, 0.1) is 0 Å². The highest BCUT2D eigenvalue weighted by atomic mass is 127. The minimum absolute atomic E-state index is 0.267. The molecule has 5 heteroatoms. The van der Waals surface area contributed by atoms with Crippen LogP contribution in [0.1, 0.15) is 0 Å². The summed E-state index contributed by atoms with van der Waals surface area (Å²) in [5, 5.41) is 6.51. The van der Waals surface area contributed by atoms with Crippen LogP contribution in [0.25, 0.3) is 0 Å². The Morgan fingerprint density at radius 3 is 1.83 bits per heavy atom. The lowest BCUT2D eigenvalue weighted by atomic mass is 10.3. The average Bonchev–Trinajstić information content (AvgIpc) is 2.35. The Morgan fingerprint density at radius 2 is 1.33 bits per heavy atom. The smallest absolute Gasteiger partial charge is 0.175 e. The minimum Gasteiger partial charge on any atom is -0.332 e. The van der Waals surface area contributed by atoms with Crippen LogP contribution in [-0.2, 0) is 0 Å². The van der Waals surface area contributed by atoms with Gasteiger partial charge >= 0.3 is 0 Å². The number of halogens is 2. The second-order valence-corrected chi connectivity index (χ2v) is 5.25. The summed E-state index contributed by atoms with van der Waals surface area (Å²) in [4.78, 5) is 0. The number of benzene rings is 2. The Labute approximate surface area is 124 Å². The van der Waals surface area contributed by atoms with Gasteiger partial charge in [-0.2, -0.15) is 0 Å². The molecule has 2 nitrogen and oxygen atoms in total. The van der Waals surface area contributed by atoms with Crippen LogP contribution < -0.4 is 10.6 Å². The third-order valence-electron chi connectivity index (χ3n) is 2.20. The molecule has 2 aromatic rings. The van der Waals surface area contributed by atoms with Crippen molar-refractivity contribution >= 4 is 51.3 Å². The summed E-state index contributed by atoms with van der Waals surface area (Å²) in [5.74, 6) is -0.267. The predicted octanol–water partition coefficient (Wildman–Crippen LogP) is 4.24. The normalized spacial score (nSPS) is 9.89. The molecule has 2 N–H and O–H groups in total. The van der Waals surface area contributed by atoms with E-state index in [0.29, 0.717) is 5.11 Å². The van der Waals surface area contributed by atoms with Crippen molar-refractivity contribution in [3.05, 3.63) is 57.9 Å². The van der Waals surface area contributed by atoms with E-state index in [4.69, 9.17) is 12.2 Å². The van der Waals surface area contributed by atoms with Crippen molar-refractivity contribution in [1.29, 1.82) is 0 Å². The summed E-state index contributed by atoms with van der Waals surface area (Å²) in [6, 6.07) is 13.9. The standard InChI is InChI=1S/C13H10FIN2S/c14-9-1-5-11(6-2-9)16-13(18)17-12-7-3-10(15)4-8-12/h1-8H,(H2,16,17,18). The molecule has 0 aliphatic carbocycles. The highest BCUT2D eigenvalue weighted by molar-refractivity contribution is 14.1. The van der Waals surface area contributed by atoms with Gasteiger partial charge in [0.25, 0.3) is 0 Å². The van der Waals surface area contributed by atoms with Gasteiger partial charge in [-0.05, 0) is 83.3 Å². The molecule has 92 valence electrons. The Balaban J connectivity index is 1.96. The van der Waals surface area contributed by atoms with Crippen molar-refractivity contribution in [2.45, 2.75) is 0 Å². The number of anilines is 2. The van der Waals surface area contributed by atoms with E-state index in [1.807, 2.05) is 24.3 Å². The number of nitrogens with one attached hydrogen (secondary N) is 2. The van der Waals surface area contributed by atoms with E-state index in [1.165, 1.54) is 12.1 Å². The Bertz CT molecular complexity index is 490. The first-order valence-electron chi connectivity index (χ1n) is 5.22. The van der Waals surface area contributed by atoms with Gasteiger partial charge in [0, 0.05) is 14.9 Å². The summed E-state index contributed by atoms with van der Waals surface area (Å²) >= 11 is 7.41. The van der Waals surface area contributed by atoms with E-state index in [0.717, 1.165) is 14.9 Å². The van der Waals surface area contributed by atoms with Crippen LogP contribution in [0.15, 0.2) is 48.5 Å². The molecule has 0 spiro atoms. The van der Waals surface area contributed by atoms with Crippen LogP contribution in [0, 0.1) is 9.39 Å². The van der Waals surface area contributed by atoms with Crippen molar-refractivity contribution in [3.8, 4) is 0 Å². The molecule has 18 heavy (non-hydrogen) atoms. The SMILES string of the molecule is Fc1ccc(NC(=S)Nc2ccc(I)cc2)cc1. The van der Waals surface area contributed by atoms with Crippen molar-refractivity contribution in [2.75, 3.05) is 10.6 Å². The molecule has 0 saturated carbocycles. The van der Waals surface area contributed by atoms with E-state index >= 15 is 0 Å². The summed E-state index contributed by atoms with van der Waals surface area (Å²) in [6.45, 7) is 0. The topological polar surface area (TPSA) is 24.1 Å². The van der Waals surface area contributed by atoms with Gasteiger partial charge in [-0.3, -0.25) is 0 Å². The number of thiocarbonyl (C=S) groups is 1. The van der Waals surface area contributed by atoms with Crippen LogP contribution >= 0.6 is 34.8 Å². The molecule has 0 fully saturated rings. The van der Waals surface area contributed by atoms with Gasteiger partial charge in [-0.1, -0.05) is 0 Å². The maximum Gasteiger partial charge on any atom is 0.175 e. The number of hydrogen-bond donors (Lipinski definition) is 2. The van der Waals surface area contributed by atoms with E-state index in [1.54, 1.807) is 12.1 Å². The predicted molar refractivity (Wildman–Crippen MR) is 85.4 cm³/mol. The Morgan fingerprint density at radius 1 is 0.889 bits per heavy atom. The van der Waals surface area contributed by atoms with Crippen LogP contribution in [0.5, 0.6) is 0 Å². The molecule has 0 radical (unpaired) electrons.